The van der Waals surface area contributed by atoms with Crippen LogP contribution in [0.4, 0.5) is 4.39 Å². The molecule has 0 atom stereocenters. The van der Waals surface area contributed by atoms with Crippen LogP contribution in [0.15, 0.2) is 47.6 Å². The summed E-state index contributed by atoms with van der Waals surface area (Å²) in [4.78, 5) is 5.15. The largest absolute Gasteiger partial charge is 0.504 e. The number of aromatic hydroxyl groups is 1. The number of rotatable bonds is 5. The number of hydrogen-bond acceptors (Lipinski definition) is 4. The average molecular weight is 289 g/mol. The van der Waals surface area contributed by atoms with Gasteiger partial charge >= 0.3 is 0 Å². The van der Waals surface area contributed by atoms with Gasteiger partial charge in [0.2, 0.25) is 0 Å². The maximum absolute atomic E-state index is 13.4. The van der Waals surface area contributed by atoms with Crippen LogP contribution in [-0.4, -0.2) is 17.9 Å². The summed E-state index contributed by atoms with van der Waals surface area (Å²) in [6.45, 7) is 1.79. The molecule has 0 radical (unpaired) electrons. The van der Waals surface area contributed by atoms with Gasteiger partial charge < -0.3 is 14.7 Å². The topological polar surface area (TPSA) is 51.0 Å². The Morgan fingerprint density at radius 1 is 1.24 bits per heavy atom. The maximum Gasteiger partial charge on any atom is 0.160 e. The predicted molar refractivity (Wildman–Crippen MR) is 78.1 cm³/mol. The van der Waals surface area contributed by atoms with Gasteiger partial charge in [-0.2, -0.15) is 0 Å². The van der Waals surface area contributed by atoms with Crippen molar-refractivity contribution in [2.75, 3.05) is 7.11 Å². The number of hydrogen-bond donors (Lipinski definition) is 1. The Morgan fingerprint density at radius 2 is 2.00 bits per heavy atom. The molecular formula is C16H16FNO3. The SMILES string of the molecule is COc1ccc(/C(C)=N/OCc2ccccc2F)cc1O. The van der Waals surface area contributed by atoms with E-state index in [2.05, 4.69) is 5.16 Å². The van der Waals surface area contributed by atoms with Crippen LogP contribution in [0.2, 0.25) is 0 Å². The van der Waals surface area contributed by atoms with Crippen LogP contribution in [-0.2, 0) is 11.4 Å². The standard InChI is InChI=1S/C16H16FNO3/c1-11(12-7-8-16(20-2)15(19)9-12)18-21-10-13-5-3-4-6-14(13)17/h3-9,19H,10H2,1-2H3/b18-11+. The Morgan fingerprint density at radius 3 is 2.67 bits per heavy atom. The van der Waals surface area contributed by atoms with Gasteiger partial charge in [-0.25, -0.2) is 4.39 Å². The summed E-state index contributed by atoms with van der Waals surface area (Å²) in [6.07, 6.45) is 0. The highest BCUT2D eigenvalue weighted by atomic mass is 19.1. The monoisotopic (exact) mass is 289 g/mol. The third-order valence-corrected chi connectivity index (χ3v) is 2.98. The van der Waals surface area contributed by atoms with Gasteiger partial charge in [-0.05, 0) is 31.2 Å². The highest BCUT2D eigenvalue weighted by Gasteiger charge is 2.05. The first-order valence-corrected chi connectivity index (χ1v) is 6.39. The number of phenolic OH excluding ortho intramolecular Hbond substituents is 1. The number of oxime groups is 1. The van der Waals surface area contributed by atoms with E-state index in [1.807, 2.05) is 0 Å². The van der Waals surface area contributed by atoms with E-state index in [9.17, 15) is 9.50 Å². The molecular weight excluding hydrogens is 273 g/mol. The lowest BCUT2D eigenvalue weighted by molar-refractivity contribution is 0.128. The van der Waals surface area contributed by atoms with E-state index in [1.54, 1.807) is 37.3 Å². The molecule has 0 spiro atoms. The predicted octanol–water partition coefficient (Wildman–Crippen LogP) is 3.48. The molecule has 21 heavy (non-hydrogen) atoms. The highest BCUT2D eigenvalue weighted by Crippen LogP contribution is 2.26. The fourth-order valence-corrected chi connectivity index (χ4v) is 1.78. The van der Waals surface area contributed by atoms with Crippen molar-refractivity contribution >= 4 is 5.71 Å². The van der Waals surface area contributed by atoms with Crippen LogP contribution in [0.3, 0.4) is 0 Å². The number of halogens is 1. The van der Waals surface area contributed by atoms with Crippen LogP contribution >= 0.6 is 0 Å². The zero-order valence-electron chi connectivity index (χ0n) is 11.8. The smallest absolute Gasteiger partial charge is 0.160 e. The third kappa shape index (κ3) is 3.72. The van der Waals surface area contributed by atoms with E-state index in [0.717, 1.165) is 0 Å². The summed E-state index contributed by atoms with van der Waals surface area (Å²) in [7, 11) is 1.48. The van der Waals surface area contributed by atoms with Crippen molar-refractivity contribution in [3.8, 4) is 11.5 Å². The van der Waals surface area contributed by atoms with Crippen LogP contribution in [0, 0.1) is 5.82 Å². The minimum Gasteiger partial charge on any atom is -0.504 e. The van der Waals surface area contributed by atoms with E-state index in [1.165, 1.54) is 19.2 Å². The van der Waals surface area contributed by atoms with E-state index in [4.69, 9.17) is 9.57 Å². The van der Waals surface area contributed by atoms with Crippen molar-refractivity contribution in [2.45, 2.75) is 13.5 Å². The van der Waals surface area contributed by atoms with Gasteiger partial charge in [0.25, 0.3) is 0 Å². The second-order valence-corrected chi connectivity index (χ2v) is 4.43. The Labute approximate surface area is 122 Å². The zero-order valence-corrected chi connectivity index (χ0v) is 11.8. The molecule has 110 valence electrons. The molecule has 5 heteroatoms. The van der Waals surface area contributed by atoms with Gasteiger partial charge in [0.15, 0.2) is 11.5 Å². The van der Waals surface area contributed by atoms with E-state index < -0.39 is 0 Å². The summed E-state index contributed by atoms with van der Waals surface area (Å²) < 4.78 is 18.4. The van der Waals surface area contributed by atoms with Crippen molar-refractivity contribution in [1.82, 2.24) is 0 Å². The summed E-state index contributed by atoms with van der Waals surface area (Å²) in [5, 5.41) is 13.6. The molecule has 0 bridgehead atoms. The summed E-state index contributed by atoms with van der Waals surface area (Å²) in [5.74, 6) is 0.0879. The van der Waals surface area contributed by atoms with E-state index in [0.29, 0.717) is 22.6 Å². The first-order valence-electron chi connectivity index (χ1n) is 6.39. The second-order valence-electron chi connectivity index (χ2n) is 4.43. The van der Waals surface area contributed by atoms with Crippen LogP contribution in [0.5, 0.6) is 11.5 Å². The van der Waals surface area contributed by atoms with Gasteiger partial charge in [0.1, 0.15) is 12.4 Å². The number of methoxy groups -OCH3 is 1. The number of ether oxygens (including phenoxy) is 1. The van der Waals surface area contributed by atoms with Gasteiger partial charge in [0.05, 0.1) is 12.8 Å². The molecule has 0 aliphatic carbocycles. The molecule has 0 aromatic heterocycles. The fourth-order valence-electron chi connectivity index (χ4n) is 1.78. The average Bonchev–Trinajstić information content (AvgIpc) is 2.49. The van der Waals surface area contributed by atoms with Crippen LogP contribution < -0.4 is 4.74 Å². The van der Waals surface area contributed by atoms with Crippen molar-refractivity contribution in [3.63, 3.8) is 0 Å². The summed E-state index contributed by atoms with van der Waals surface area (Å²) in [5.41, 5.74) is 1.71. The fraction of sp³-hybridized carbons (Fsp3) is 0.188. The molecule has 0 saturated heterocycles. The van der Waals surface area contributed by atoms with Crippen molar-refractivity contribution < 1.29 is 19.1 Å². The lowest BCUT2D eigenvalue weighted by atomic mass is 10.1. The Kier molecular flexibility index (Phi) is 4.77. The van der Waals surface area contributed by atoms with Gasteiger partial charge in [-0.15, -0.1) is 0 Å². The molecule has 0 aliphatic rings. The molecule has 2 rings (SSSR count). The van der Waals surface area contributed by atoms with Crippen molar-refractivity contribution in [2.24, 2.45) is 5.16 Å². The van der Waals surface area contributed by atoms with Gasteiger partial charge in [-0.1, -0.05) is 23.4 Å². The molecule has 0 amide bonds. The first-order chi connectivity index (χ1) is 10.1. The van der Waals surface area contributed by atoms with Gasteiger partial charge in [0, 0.05) is 11.1 Å². The normalized spacial score (nSPS) is 11.3. The molecule has 0 heterocycles. The summed E-state index contributed by atoms with van der Waals surface area (Å²) in [6, 6.07) is 11.3. The second kappa shape index (κ2) is 6.74. The Balaban J connectivity index is 2.04. The third-order valence-electron chi connectivity index (χ3n) is 2.98. The lowest BCUT2D eigenvalue weighted by Crippen LogP contribution is -1.98. The van der Waals surface area contributed by atoms with E-state index >= 15 is 0 Å². The first kappa shape index (κ1) is 14.8. The van der Waals surface area contributed by atoms with E-state index in [-0.39, 0.29) is 18.2 Å². The van der Waals surface area contributed by atoms with Crippen molar-refractivity contribution in [3.05, 3.63) is 59.4 Å². The highest BCUT2D eigenvalue weighted by molar-refractivity contribution is 5.98. The number of phenols is 1. The number of benzene rings is 2. The van der Waals surface area contributed by atoms with Crippen molar-refractivity contribution in [1.29, 1.82) is 0 Å². The molecule has 4 nitrogen and oxygen atoms in total. The van der Waals surface area contributed by atoms with Gasteiger partial charge in [-0.3, -0.25) is 0 Å². The zero-order chi connectivity index (χ0) is 15.2. The Bertz CT molecular complexity index is 656. The minimum atomic E-state index is -0.326. The van der Waals surface area contributed by atoms with Crippen LogP contribution in [0.25, 0.3) is 0 Å². The Hall–Kier alpha value is -2.56. The molecule has 0 fully saturated rings. The maximum atomic E-state index is 13.4. The lowest BCUT2D eigenvalue weighted by Gasteiger charge is -2.06. The molecule has 0 unspecified atom stereocenters. The molecule has 2 aromatic carbocycles. The number of nitrogens with zero attached hydrogens (tertiary/aromatic N) is 1. The summed E-state index contributed by atoms with van der Waals surface area (Å²) >= 11 is 0. The van der Waals surface area contributed by atoms with Crippen LogP contribution in [0.1, 0.15) is 18.1 Å². The minimum absolute atomic E-state index is 0.0265. The molecule has 1 N–H and O–H groups in total. The quantitative estimate of drug-likeness (QED) is 0.677. The molecule has 0 saturated carbocycles. The molecule has 0 aliphatic heterocycles. The molecule has 2 aromatic rings.